The van der Waals surface area contributed by atoms with E-state index in [4.69, 9.17) is 11.6 Å². The molecule has 0 amide bonds. The van der Waals surface area contributed by atoms with Crippen LogP contribution in [0.2, 0.25) is 5.02 Å². The standard InChI is InChI=1S/C26H24ClFN6O/c1-4-21(35)34-8-7-33(13-15(34)3)26-16(10-29)11-30-25-17(26)9-19(27)23(24(25)28)22-14(2)5-6-20-18(22)12-31-32-20/h4-6,9,11-12,15,21,35H,1,7-8,13H2,2-3H3,(H,31,32). The Morgan fingerprint density at radius 2 is 2.11 bits per heavy atom. The van der Waals surface area contributed by atoms with Crippen molar-refractivity contribution in [1.82, 2.24) is 20.1 Å². The lowest BCUT2D eigenvalue weighted by molar-refractivity contribution is 0.00877. The highest BCUT2D eigenvalue weighted by molar-refractivity contribution is 6.35. The fourth-order valence-electron chi connectivity index (χ4n) is 5.06. The van der Waals surface area contributed by atoms with E-state index in [2.05, 4.69) is 27.8 Å². The fraction of sp³-hybridized carbons (Fsp3) is 0.269. The molecule has 7 nitrogen and oxygen atoms in total. The number of nitriles is 1. The van der Waals surface area contributed by atoms with Crippen LogP contribution in [0.4, 0.5) is 10.1 Å². The number of halogens is 2. The van der Waals surface area contributed by atoms with Gasteiger partial charge in [0.1, 0.15) is 17.8 Å². The van der Waals surface area contributed by atoms with Gasteiger partial charge in [-0.1, -0.05) is 24.2 Å². The summed E-state index contributed by atoms with van der Waals surface area (Å²) < 4.78 is 16.2. The van der Waals surface area contributed by atoms with Crippen LogP contribution in [-0.2, 0) is 0 Å². The SMILES string of the molecule is C=CC(O)N1CCN(c2c(C#N)cnc3c(F)c(-c4c(C)ccc5[nH]ncc45)c(Cl)cc23)CC1C. The molecule has 0 bridgehead atoms. The van der Waals surface area contributed by atoms with Gasteiger partial charge < -0.3 is 10.0 Å². The van der Waals surface area contributed by atoms with E-state index in [1.54, 1.807) is 12.3 Å². The highest BCUT2D eigenvalue weighted by Crippen LogP contribution is 2.43. The number of aliphatic hydroxyl groups is 1. The van der Waals surface area contributed by atoms with Gasteiger partial charge in [-0.15, -0.1) is 0 Å². The van der Waals surface area contributed by atoms with Crippen molar-refractivity contribution in [2.24, 2.45) is 0 Å². The second kappa shape index (κ2) is 8.93. The summed E-state index contributed by atoms with van der Waals surface area (Å²) in [7, 11) is 0. The van der Waals surface area contributed by atoms with Crippen molar-refractivity contribution in [2.75, 3.05) is 24.5 Å². The van der Waals surface area contributed by atoms with E-state index in [9.17, 15) is 10.4 Å². The molecule has 2 atom stereocenters. The largest absolute Gasteiger partial charge is 0.375 e. The lowest BCUT2D eigenvalue weighted by Gasteiger charge is -2.42. The molecule has 2 unspecified atom stereocenters. The van der Waals surface area contributed by atoms with Gasteiger partial charge in [0, 0.05) is 53.8 Å². The molecule has 35 heavy (non-hydrogen) atoms. The van der Waals surface area contributed by atoms with E-state index in [0.717, 1.165) is 16.5 Å². The molecule has 1 aliphatic rings. The van der Waals surface area contributed by atoms with E-state index >= 15 is 4.39 Å². The number of fused-ring (bicyclic) bond motifs is 2. The summed E-state index contributed by atoms with van der Waals surface area (Å²) >= 11 is 6.75. The summed E-state index contributed by atoms with van der Waals surface area (Å²) in [4.78, 5) is 8.31. The zero-order valence-corrected chi connectivity index (χ0v) is 20.1. The molecule has 178 valence electrons. The van der Waals surface area contributed by atoms with Crippen molar-refractivity contribution in [3.05, 3.63) is 65.2 Å². The van der Waals surface area contributed by atoms with Crippen LogP contribution in [0, 0.1) is 24.1 Å². The monoisotopic (exact) mass is 490 g/mol. The second-order valence-corrected chi connectivity index (χ2v) is 9.25. The number of anilines is 1. The number of aromatic nitrogens is 3. The Hall–Kier alpha value is -3.51. The predicted octanol–water partition coefficient (Wildman–Crippen LogP) is 4.77. The van der Waals surface area contributed by atoms with E-state index < -0.39 is 12.0 Å². The number of hydrogen-bond donors (Lipinski definition) is 2. The maximum atomic E-state index is 16.2. The summed E-state index contributed by atoms with van der Waals surface area (Å²) in [5, 5.41) is 28.6. The Bertz CT molecular complexity index is 1510. The first-order valence-electron chi connectivity index (χ1n) is 11.3. The average molecular weight is 491 g/mol. The molecule has 1 aliphatic heterocycles. The minimum atomic E-state index is -0.750. The Labute approximate surface area is 207 Å². The molecule has 0 aliphatic carbocycles. The molecule has 9 heteroatoms. The van der Waals surface area contributed by atoms with Gasteiger partial charge in [-0.2, -0.15) is 10.4 Å². The lowest BCUT2D eigenvalue weighted by atomic mass is 9.94. The van der Waals surface area contributed by atoms with E-state index in [-0.39, 0.29) is 22.1 Å². The minimum absolute atomic E-state index is 0.0209. The van der Waals surface area contributed by atoms with Gasteiger partial charge in [-0.25, -0.2) is 4.39 Å². The smallest absolute Gasteiger partial charge is 0.158 e. The number of rotatable bonds is 4. The summed E-state index contributed by atoms with van der Waals surface area (Å²) in [6, 6.07) is 7.67. The normalized spacial score (nSPS) is 17.6. The topological polar surface area (TPSA) is 92.1 Å². The molecule has 1 saturated heterocycles. The average Bonchev–Trinajstić information content (AvgIpc) is 3.33. The molecule has 2 aromatic carbocycles. The van der Waals surface area contributed by atoms with Gasteiger partial charge >= 0.3 is 0 Å². The fourth-order valence-corrected chi connectivity index (χ4v) is 5.35. The van der Waals surface area contributed by atoms with Crippen molar-refractivity contribution in [1.29, 1.82) is 5.26 Å². The second-order valence-electron chi connectivity index (χ2n) is 8.85. The number of pyridine rings is 1. The highest BCUT2D eigenvalue weighted by Gasteiger charge is 2.30. The Balaban J connectivity index is 1.69. The molecule has 3 heterocycles. The molecule has 4 aromatic rings. The maximum absolute atomic E-state index is 16.2. The third-order valence-corrected chi connectivity index (χ3v) is 7.07. The van der Waals surface area contributed by atoms with Crippen LogP contribution in [0.25, 0.3) is 32.9 Å². The van der Waals surface area contributed by atoms with Crippen molar-refractivity contribution in [3.8, 4) is 17.2 Å². The van der Waals surface area contributed by atoms with Crippen LogP contribution in [-0.4, -0.2) is 57.1 Å². The number of piperazine rings is 1. The first-order valence-corrected chi connectivity index (χ1v) is 11.7. The minimum Gasteiger partial charge on any atom is -0.375 e. The number of aromatic amines is 1. The quantitative estimate of drug-likeness (QED) is 0.400. The maximum Gasteiger partial charge on any atom is 0.158 e. The molecule has 2 aromatic heterocycles. The van der Waals surface area contributed by atoms with Crippen molar-refractivity contribution >= 4 is 39.1 Å². The summed E-state index contributed by atoms with van der Waals surface area (Å²) in [5.41, 5.74) is 3.66. The number of aliphatic hydroxyl groups excluding tert-OH is 1. The Kier molecular flexibility index (Phi) is 5.93. The van der Waals surface area contributed by atoms with Gasteiger partial charge in [0.05, 0.1) is 28.0 Å². The summed E-state index contributed by atoms with van der Waals surface area (Å²) in [6.45, 7) is 9.19. The van der Waals surface area contributed by atoms with Crippen molar-refractivity contribution in [2.45, 2.75) is 26.1 Å². The zero-order valence-electron chi connectivity index (χ0n) is 19.4. The van der Waals surface area contributed by atoms with Crippen LogP contribution in [0.5, 0.6) is 0 Å². The molecule has 0 radical (unpaired) electrons. The van der Waals surface area contributed by atoms with Gasteiger partial charge in [0.15, 0.2) is 5.82 Å². The van der Waals surface area contributed by atoms with Gasteiger partial charge in [-0.05, 0) is 37.6 Å². The number of nitrogens with one attached hydrogen (secondary N) is 1. The van der Waals surface area contributed by atoms with Gasteiger partial charge in [0.2, 0.25) is 0 Å². The van der Waals surface area contributed by atoms with E-state index in [0.29, 0.717) is 41.8 Å². The molecular formula is C26H24ClFN6O. The lowest BCUT2D eigenvalue weighted by Crippen LogP contribution is -2.55. The molecule has 5 rings (SSSR count). The highest BCUT2D eigenvalue weighted by atomic mass is 35.5. The third kappa shape index (κ3) is 3.73. The Morgan fingerprint density at radius 3 is 2.83 bits per heavy atom. The summed E-state index contributed by atoms with van der Waals surface area (Å²) in [6.07, 6.45) is 3.82. The van der Waals surface area contributed by atoms with Crippen LogP contribution in [0.15, 0.2) is 43.2 Å². The van der Waals surface area contributed by atoms with Crippen LogP contribution in [0.1, 0.15) is 18.1 Å². The first kappa shape index (κ1) is 23.2. The molecule has 0 spiro atoms. The zero-order chi connectivity index (χ0) is 24.9. The van der Waals surface area contributed by atoms with Crippen LogP contribution >= 0.6 is 11.6 Å². The molecule has 1 fully saturated rings. The van der Waals surface area contributed by atoms with E-state index in [1.807, 2.05) is 35.8 Å². The van der Waals surface area contributed by atoms with Crippen LogP contribution < -0.4 is 4.90 Å². The van der Waals surface area contributed by atoms with Gasteiger partial charge in [0.25, 0.3) is 0 Å². The van der Waals surface area contributed by atoms with Crippen molar-refractivity contribution in [3.63, 3.8) is 0 Å². The number of benzene rings is 2. The molecule has 2 N–H and O–H groups in total. The number of aryl methyl sites for hydroxylation is 1. The number of nitrogens with zero attached hydrogens (tertiary/aromatic N) is 5. The Morgan fingerprint density at radius 1 is 1.31 bits per heavy atom. The van der Waals surface area contributed by atoms with E-state index in [1.165, 1.54) is 12.3 Å². The van der Waals surface area contributed by atoms with Gasteiger partial charge in [-0.3, -0.25) is 15.0 Å². The first-order chi connectivity index (χ1) is 16.8. The number of hydrogen-bond acceptors (Lipinski definition) is 6. The molecule has 0 saturated carbocycles. The number of H-pyrrole nitrogens is 1. The third-order valence-electron chi connectivity index (χ3n) is 6.77. The molecular weight excluding hydrogens is 467 g/mol. The predicted molar refractivity (Wildman–Crippen MR) is 136 cm³/mol. The van der Waals surface area contributed by atoms with Crippen LogP contribution in [0.3, 0.4) is 0 Å². The van der Waals surface area contributed by atoms with Crippen molar-refractivity contribution < 1.29 is 9.50 Å². The summed E-state index contributed by atoms with van der Waals surface area (Å²) in [5.74, 6) is -0.538.